The van der Waals surface area contributed by atoms with Crippen molar-refractivity contribution in [3.05, 3.63) is 57.1 Å². The Balaban J connectivity index is 1.90. The number of esters is 1. The minimum atomic E-state index is -0.561. The van der Waals surface area contributed by atoms with E-state index in [0.29, 0.717) is 18.1 Å². The minimum absolute atomic E-state index is 0.0649. The highest BCUT2D eigenvalue weighted by Crippen LogP contribution is 2.25. The van der Waals surface area contributed by atoms with Gasteiger partial charge in [-0.25, -0.2) is 4.79 Å². The highest BCUT2D eigenvalue weighted by atomic mass is 35.5. The van der Waals surface area contributed by atoms with Gasteiger partial charge in [-0.1, -0.05) is 29.8 Å². The lowest BCUT2D eigenvalue weighted by molar-refractivity contribution is -0.384. The molecule has 0 aromatic heterocycles. The number of allylic oxidation sites excluding steroid dienone is 2. The first-order valence-corrected chi connectivity index (χ1v) is 7.38. The van der Waals surface area contributed by atoms with Crippen molar-refractivity contribution < 1.29 is 14.5 Å². The fraction of sp³-hybridized carbons (Fsp3) is 0.312. The fourth-order valence-electron chi connectivity index (χ4n) is 2.19. The summed E-state index contributed by atoms with van der Waals surface area (Å²) in [4.78, 5) is 21.9. The Hall–Kier alpha value is -2.14. The molecule has 0 fully saturated rings. The number of halogens is 1. The third-order valence-electron chi connectivity index (χ3n) is 3.42. The van der Waals surface area contributed by atoms with E-state index in [1.54, 1.807) is 6.07 Å². The van der Waals surface area contributed by atoms with E-state index in [1.807, 2.05) is 0 Å². The summed E-state index contributed by atoms with van der Waals surface area (Å²) in [6.45, 7) is 0.397. The van der Waals surface area contributed by atoms with Gasteiger partial charge < -0.3 is 4.74 Å². The Morgan fingerprint density at radius 2 is 2.27 bits per heavy atom. The molecule has 0 amide bonds. The quantitative estimate of drug-likeness (QED) is 0.268. The van der Waals surface area contributed by atoms with Gasteiger partial charge in [-0.05, 0) is 42.9 Å². The molecule has 0 saturated carbocycles. The molecule has 0 saturated heterocycles. The van der Waals surface area contributed by atoms with E-state index in [0.717, 1.165) is 19.3 Å². The molecule has 0 bridgehead atoms. The molecule has 116 valence electrons. The molecule has 1 atom stereocenters. The zero-order valence-electron chi connectivity index (χ0n) is 11.9. The number of nitro groups is 1. The highest BCUT2D eigenvalue weighted by molar-refractivity contribution is 6.32. The number of hydrogen-bond acceptors (Lipinski definition) is 4. The first kappa shape index (κ1) is 16.2. The number of carbonyl (C=O) groups excluding carboxylic acids is 1. The molecule has 1 aromatic carbocycles. The molecule has 0 heterocycles. The predicted molar refractivity (Wildman–Crippen MR) is 84.6 cm³/mol. The number of nitro benzene ring substituents is 1. The van der Waals surface area contributed by atoms with Crippen molar-refractivity contribution in [2.45, 2.75) is 19.3 Å². The Bertz CT molecular complexity index is 625. The van der Waals surface area contributed by atoms with E-state index in [1.165, 1.54) is 24.3 Å². The molecule has 22 heavy (non-hydrogen) atoms. The molecule has 5 nitrogen and oxygen atoms in total. The van der Waals surface area contributed by atoms with Crippen LogP contribution in [0.3, 0.4) is 0 Å². The van der Waals surface area contributed by atoms with E-state index in [2.05, 4.69) is 12.2 Å². The molecule has 1 aliphatic rings. The van der Waals surface area contributed by atoms with Crippen LogP contribution in [0.25, 0.3) is 6.08 Å². The van der Waals surface area contributed by atoms with E-state index in [9.17, 15) is 14.9 Å². The molecule has 1 aliphatic carbocycles. The average Bonchev–Trinajstić information content (AvgIpc) is 2.53. The summed E-state index contributed by atoms with van der Waals surface area (Å²) < 4.78 is 5.19. The zero-order valence-corrected chi connectivity index (χ0v) is 12.7. The van der Waals surface area contributed by atoms with E-state index >= 15 is 0 Å². The summed E-state index contributed by atoms with van der Waals surface area (Å²) in [6, 6.07) is 4.35. The van der Waals surface area contributed by atoms with Crippen molar-refractivity contribution in [3.8, 4) is 0 Å². The molecular formula is C16H16ClNO4. The highest BCUT2D eigenvalue weighted by Gasteiger charge is 2.13. The van der Waals surface area contributed by atoms with Crippen LogP contribution in [-0.2, 0) is 9.53 Å². The monoisotopic (exact) mass is 321 g/mol. The van der Waals surface area contributed by atoms with Gasteiger partial charge in [0.2, 0.25) is 0 Å². The topological polar surface area (TPSA) is 69.4 Å². The van der Waals surface area contributed by atoms with Crippen molar-refractivity contribution in [2.75, 3.05) is 6.61 Å². The second kappa shape index (κ2) is 7.75. The minimum Gasteiger partial charge on any atom is -0.462 e. The summed E-state index contributed by atoms with van der Waals surface area (Å²) in [5, 5.41) is 10.9. The fourth-order valence-corrected chi connectivity index (χ4v) is 2.38. The number of benzene rings is 1. The number of rotatable bonds is 5. The third kappa shape index (κ3) is 4.70. The molecule has 0 radical (unpaired) electrons. The maximum absolute atomic E-state index is 11.7. The second-order valence-electron chi connectivity index (χ2n) is 5.08. The van der Waals surface area contributed by atoms with Gasteiger partial charge in [0.15, 0.2) is 0 Å². The van der Waals surface area contributed by atoms with Gasteiger partial charge >= 0.3 is 5.97 Å². The molecule has 0 spiro atoms. The first-order valence-electron chi connectivity index (χ1n) is 7.00. The molecular weight excluding hydrogens is 306 g/mol. The molecule has 6 heteroatoms. The molecule has 2 rings (SSSR count). The Kier molecular flexibility index (Phi) is 5.72. The van der Waals surface area contributed by atoms with E-state index in [-0.39, 0.29) is 10.7 Å². The van der Waals surface area contributed by atoms with Crippen LogP contribution in [0.4, 0.5) is 5.69 Å². The van der Waals surface area contributed by atoms with Gasteiger partial charge in [0.1, 0.15) is 5.02 Å². The summed E-state index contributed by atoms with van der Waals surface area (Å²) in [6.07, 6.45) is 9.96. The number of ether oxygens (including phenoxy) is 1. The third-order valence-corrected chi connectivity index (χ3v) is 3.74. The normalized spacial score (nSPS) is 17.6. The van der Waals surface area contributed by atoms with Gasteiger partial charge in [0.25, 0.3) is 5.69 Å². The Morgan fingerprint density at radius 3 is 2.95 bits per heavy atom. The van der Waals surface area contributed by atoms with Gasteiger partial charge in [-0.3, -0.25) is 10.1 Å². The van der Waals surface area contributed by atoms with Crippen LogP contribution in [0.2, 0.25) is 5.02 Å². The van der Waals surface area contributed by atoms with Gasteiger partial charge in [0.05, 0.1) is 11.5 Å². The zero-order chi connectivity index (χ0) is 15.9. The van der Waals surface area contributed by atoms with Crippen molar-refractivity contribution in [1.29, 1.82) is 0 Å². The maximum atomic E-state index is 11.7. The van der Waals surface area contributed by atoms with Gasteiger partial charge in [-0.15, -0.1) is 0 Å². The largest absolute Gasteiger partial charge is 0.462 e. The maximum Gasteiger partial charge on any atom is 0.330 e. The molecule has 0 aliphatic heterocycles. The lowest BCUT2D eigenvalue weighted by Crippen LogP contribution is -2.13. The second-order valence-corrected chi connectivity index (χ2v) is 5.49. The standard InChI is InChI=1S/C16H16ClNO4/c17-14-8-6-12(10-15(14)18(20)21)7-9-16(19)22-11-13-4-2-1-3-5-13/h1-2,6-10,13H,3-5,11H2/b9-7+. The summed E-state index contributed by atoms with van der Waals surface area (Å²) >= 11 is 5.73. The van der Waals surface area contributed by atoms with Crippen molar-refractivity contribution in [2.24, 2.45) is 5.92 Å². The van der Waals surface area contributed by atoms with Gasteiger partial charge in [-0.2, -0.15) is 0 Å². The molecule has 0 N–H and O–H groups in total. The van der Waals surface area contributed by atoms with Crippen molar-refractivity contribution >= 4 is 29.3 Å². The SMILES string of the molecule is O=C(/C=C/c1ccc(Cl)c([N+](=O)[O-])c1)OCC1CC=CCC1. The van der Waals surface area contributed by atoms with Crippen molar-refractivity contribution in [3.63, 3.8) is 0 Å². The van der Waals surface area contributed by atoms with Crippen LogP contribution in [0.5, 0.6) is 0 Å². The van der Waals surface area contributed by atoms with Crippen molar-refractivity contribution in [1.82, 2.24) is 0 Å². The van der Waals surface area contributed by atoms with Gasteiger partial charge in [0, 0.05) is 12.1 Å². The smallest absolute Gasteiger partial charge is 0.330 e. The average molecular weight is 322 g/mol. The van der Waals surface area contributed by atoms with Crippen LogP contribution >= 0.6 is 11.6 Å². The van der Waals surface area contributed by atoms with Crippen LogP contribution in [0, 0.1) is 16.0 Å². The number of hydrogen-bond donors (Lipinski definition) is 0. The Morgan fingerprint density at radius 1 is 1.45 bits per heavy atom. The lowest BCUT2D eigenvalue weighted by Gasteiger charge is -2.16. The summed E-state index contributed by atoms with van der Waals surface area (Å²) in [7, 11) is 0. The number of carbonyl (C=O) groups is 1. The van der Waals surface area contributed by atoms with Crippen LogP contribution in [-0.4, -0.2) is 17.5 Å². The predicted octanol–water partition coefficient (Wildman–Crippen LogP) is 4.16. The summed E-state index contributed by atoms with van der Waals surface area (Å²) in [5.74, 6) is -0.0777. The van der Waals surface area contributed by atoms with E-state index in [4.69, 9.17) is 16.3 Å². The van der Waals surface area contributed by atoms with Crippen LogP contribution in [0.15, 0.2) is 36.4 Å². The lowest BCUT2D eigenvalue weighted by atomic mass is 9.95. The molecule has 1 aromatic rings. The van der Waals surface area contributed by atoms with Crippen LogP contribution < -0.4 is 0 Å². The first-order chi connectivity index (χ1) is 10.6. The summed E-state index contributed by atoms with van der Waals surface area (Å²) in [5.41, 5.74) is 0.333. The Labute approximate surface area is 133 Å². The molecule has 1 unspecified atom stereocenters. The number of nitrogens with zero attached hydrogens (tertiary/aromatic N) is 1. The van der Waals surface area contributed by atoms with E-state index < -0.39 is 10.9 Å². The van der Waals surface area contributed by atoms with Crippen LogP contribution in [0.1, 0.15) is 24.8 Å².